The molecule has 0 saturated heterocycles. The Morgan fingerprint density at radius 2 is 1.02 bits per heavy atom. The highest BCUT2D eigenvalue weighted by molar-refractivity contribution is 9.10. The summed E-state index contributed by atoms with van der Waals surface area (Å²) < 4.78 is 21.9. The summed E-state index contributed by atoms with van der Waals surface area (Å²) in [5.41, 5.74) is 3.69. The minimum absolute atomic E-state index is 0.121. The van der Waals surface area contributed by atoms with E-state index in [1.165, 1.54) is 29.6 Å². The molecule has 13 heteroatoms. The highest BCUT2D eigenvalue weighted by Crippen LogP contribution is 2.30. The van der Waals surface area contributed by atoms with Crippen molar-refractivity contribution >= 4 is 61.7 Å². The van der Waals surface area contributed by atoms with Crippen molar-refractivity contribution in [3.05, 3.63) is 99.2 Å². The quantitative estimate of drug-likeness (QED) is 0.0830. The largest absolute Gasteiger partial charge is 0.494 e. The average molecular weight is 823 g/mol. The van der Waals surface area contributed by atoms with Crippen molar-refractivity contribution < 1.29 is 28.5 Å². The summed E-state index contributed by atoms with van der Waals surface area (Å²) in [6, 6.07) is 23.4. The first kappa shape index (κ1) is 40.3. The lowest BCUT2D eigenvalue weighted by atomic mass is 10.2. The van der Waals surface area contributed by atoms with Crippen LogP contribution in [0.25, 0.3) is 31.7 Å². The molecule has 3 heterocycles. The van der Waals surface area contributed by atoms with Crippen molar-refractivity contribution in [3.63, 3.8) is 0 Å². The zero-order chi connectivity index (χ0) is 37.3. The van der Waals surface area contributed by atoms with Gasteiger partial charge in [0, 0.05) is 40.8 Å². The summed E-state index contributed by atoms with van der Waals surface area (Å²) in [5.74, 6) is 2.69. The van der Waals surface area contributed by atoms with Crippen molar-refractivity contribution in [2.24, 2.45) is 0 Å². The summed E-state index contributed by atoms with van der Waals surface area (Å²) in [5, 5.41) is 8.24. The predicted octanol–water partition coefficient (Wildman–Crippen LogP) is 11.3. The normalized spacial score (nSPS) is 10.3. The van der Waals surface area contributed by atoms with E-state index in [2.05, 4.69) is 30.9 Å². The molecule has 0 unspecified atom stereocenters. The number of nitrogens with zero attached hydrogens (tertiary/aromatic N) is 3. The van der Waals surface area contributed by atoms with Crippen molar-refractivity contribution in [1.82, 2.24) is 15.0 Å². The van der Waals surface area contributed by atoms with Gasteiger partial charge < -0.3 is 18.9 Å². The molecule has 0 amide bonds. The van der Waals surface area contributed by atoms with Crippen LogP contribution in [0.15, 0.2) is 93.5 Å². The third kappa shape index (κ3) is 12.7. The molecule has 6 aromatic rings. The zero-order valence-electron chi connectivity index (χ0n) is 29.6. The van der Waals surface area contributed by atoms with Gasteiger partial charge in [-0.05, 0) is 116 Å². The number of carbonyl (C=O) groups is 2. The second-order valence-corrected chi connectivity index (χ2v) is 14.0. The number of halogens is 1. The van der Waals surface area contributed by atoms with Gasteiger partial charge in [0.1, 0.15) is 42.6 Å². The number of aromatic nitrogens is 3. The number of Topliss-reactive ketones (excluding diaryl/α,β-unsaturated/α-hetero) is 1. The Bertz CT molecular complexity index is 1970. The van der Waals surface area contributed by atoms with Crippen LogP contribution in [0.3, 0.4) is 0 Å². The number of thiazole rings is 3. The van der Waals surface area contributed by atoms with Gasteiger partial charge >= 0.3 is 5.97 Å². The molecule has 9 nitrogen and oxygen atoms in total. The second-order valence-electron chi connectivity index (χ2n) is 10.6. The van der Waals surface area contributed by atoms with Crippen LogP contribution in [0, 0.1) is 0 Å². The zero-order valence-corrected chi connectivity index (χ0v) is 33.6. The van der Waals surface area contributed by atoms with Gasteiger partial charge in [0.05, 0.1) is 25.2 Å². The third-order valence-electron chi connectivity index (χ3n) is 6.71. The molecule has 52 heavy (non-hydrogen) atoms. The van der Waals surface area contributed by atoms with E-state index in [1.54, 1.807) is 16.7 Å². The van der Waals surface area contributed by atoms with Gasteiger partial charge in [-0.1, -0.05) is 6.92 Å². The third-order valence-corrected chi connectivity index (χ3v) is 10.1. The number of benzene rings is 3. The van der Waals surface area contributed by atoms with Gasteiger partial charge in [0.2, 0.25) is 5.88 Å². The summed E-state index contributed by atoms with van der Waals surface area (Å²) >= 11 is 7.90. The Morgan fingerprint density at radius 1 is 0.596 bits per heavy atom. The van der Waals surface area contributed by atoms with E-state index in [0.29, 0.717) is 37.8 Å². The molecule has 3 aromatic carbocycles. The van der Waals surface area contributed by atoms with Crippen molar-refractivity contribution in [2.45, 2.75) is 47.5 Å². The first-order chi connectivity index (χ1) is 25.2. The molecule has 0 spiro atoms. The maximum Gasteiger partial charge on any atom is 0.309 e. The van der Waals surface area contributed by atoms with Gasteiger partial charge in [-0.15, -0.1) is 34.0 Å². The first-order valence-electron chi connectivity index (χ1n) is 16.7. The first-order valence-corrected chi connectivity index (χ1v) is 20.1. The van der Waals surface area contributed by atoms with Gasteiger partial charge in [0.15, 0.2) is 5.78 Å². The molecule has 0 aliphatic rings. The van der Waals surface area contributed by atoms with E-state index in [1.807, 2.05) is 111 Å². The van der Waals surface area contributed by atoms with Crippen LogP contribution in [-0.4, -0.2) is 46.5 Å². The van der Waals surface area contributed by atoms with E-state index in [4.69, 9.17) is 18.9 Å². The molecule has 3 aromatic heterocycles. The number of ketones is 1. The van der Waals surface area contributed by atoms with E-state index < -0.39 is 0 Å². The molecule has 0 bridgehead atoms. The van der Waals surface area contributed by atoms with Crippen LogP contribution in [-0.2, 0) is 4.79 Å². The number of hydrogen-bond donors (Lipinski definition) is 0. The topological polar surface area (TPSA) is 110 Å². The Morgan fingerprint density at radius 3 is 1.42 bits per heavy atom. The molecule has 0 aliphatic carbocycles. The SMILES string of the molecule is CCCC(=O)c1csc(-c2ccc(OCC)cc2)n1.CCOc1ccc(-c2nc(Br)cs2)cc1.CCOc1ccc(-c2nc(OC(C)=O)cs2)cc1. The molecule has 0 saturated carbocycles. The summed E-state index contributed by atoms with van der Waals surface area (Å²) in [4.78, 5) is 35.5. The Balaban J connectivity index is 0.000000176. The molecular weight excluding hydrogens is 783 g/mol. The van der Waals surface area contributed by atoms with Crippen molar-refractivity contribution in [2.75, 3.05) is 19.8 Å². The molecule has 272 valence electrons. The summed E-state index contributed by atoms with van der Waals surface area (Å²) in [7, 11) is 0. The minimum Gasteiger partial charge on any atom is -0.494 e. The second kappa shape index (κ2) is 21.2. The standard InChI is InChI=1S/C15H17NO2S.C13H13NO3S.C11H10BrNOS/c1-3-5-14(17)13-10-19-15(16-13)11-6-8-12(9-7-11)18-4-2;1-3-16-11-6-4-10(5-7-11)13-14-12(8-18-13)17-9(2)15;1-2-14-9-5-3-8(4-6-9)11-13-10(12)7-15-11/h6-10H,3-5H2,1-2H3;4-8H,3H2,1-2H3;3-7H,2H2,1H3. The Labute approximate surface area is 324 Å². The van der Waals surface area contributed by atoms with Crippen molar-refractivity contribution in [3.8, 4) is 54.8 Å². The molecule has 6 rings (SSSR count). The highest BCUT2D eigenvalue weighted by Gasteiger charge is 2.11. The molecular formula is C39H40BrN3O6S3. The van der Waals surface area contributed by atoms with Crippen LogP contribution in [0.2, 0.25) is 0 Å². The van der Waals surface area contributed by atoms with Crippen LogP contribution in [0.4, 0.5) is 0 Å². The van der Waals surface area contributed by atoms with E-state index in [-0.39, 0.29) is 11.8 Å². The van der Waals surface area contributed by atoms with Crippen LogP contribution < -0.4 is 18.9 Å². The van der Waals surface area contributed by atoms with E-state index in [0.717, 1.165) is 60.0 Å². The van der Waals surface area contributed by atoms with Crippen LogP contribution >= 0.6 is 49.9 Å². The van der Waals surface area contributed by atoms with Crippen LogP contribution in [0.1, 0.15) is 57.9 Å². The molecule has 0 N–H and O–H groups in total. The fraction of sp³-hybridized carbons (Fsp3) is 0.256. The lowest BCUT2D eigenvalue weighted by Crippen LogP contribution is -2.01. The lowest BCUT2D eigenvalue weighted by molar-refractivity contribution is -0.132. The van der Waals surface area contributed by atoms with Crippen molar-refractivity contribution in [1.29, 1.82) is 0 Å². The predicted molar refractivity (Wildman–Crippen MR) is 214 cm³/mol. The maximum absolute atomic E-state index is 11.8. The fourth-order valence-corrected chi connectivity index (χ4v) is 7.26. The average Bonchev–Trinajstić information content (AvgIpc) is 3.93. The summed E-state index contributed by atoms with van der Waals surface area (Å²) in [6.07, 6.45) is 1.42. The number of rotatable bonds is 13. The molecule has 0 fully saturated rings. The van der Waals surface area contributed by atoms with E-state index >= 15 is 0 Å². The van der Waals surface area contributed by atoms with Gasteiger partial charge in [-0.3, -0.25) is 9.59 Å². The maximum atomic E-state index is 11.8. The van der Waals surface area contributed by atoms with Gasteiger partial charge in [0.25, 0.3) is 0 Å². The Hall–Kier alpha value is -4.43. The number of esters is 1. The highest BCUT2D eigenvalue weighted by atomic mass is 79.9. The molecule has 0 radical (unpaired) electrons. The van der Waals surface area contributed by atoms with Gasteiger partial charge in [-0.2, -0.15) is 0 Å². The molecule has 0 aliphatic heterocycles. The fourth-order valence-electron chi connectivity index (χ4n) is 4.44. The minimum atomic E-state index is -0.362. The molecule has 0 atom stereocenters. The number of hydrogen-bond acceptors (Lipinski definition) is 12. The van der Waals surface area contributed by atoms with Crippen LogP contribution in [0.5, 0.6) is 23.1 Å². The number of carbonyl (C=O) groups excluding carboxylic acids is 2. The monoisotopic (exact) mass is 821 g/mol. The van der Waals surface area contributed by atoms with E-state index in [9.17, 15) is 9.59 Å². The van der Waals surface area contributed by atoms with Gasteiger partial charge in [-0.25, -0.2) is 15.0 Å². The smallest absolute Gasteiger partial charge is 0.309 e. The summed E-state index contributed by atoms with van der Waals surface area (Å²) in [6.45, 7) is 11.2. The lowest BCUT2D eigenvalue weighted by Gasteiger charge is -2.02. The Kier molecular flexibility index (Phi) is 16.4. The number of ether oxygens (including phenoxy) is 4.